The van der Waals surface area contributed by atoms with Gasteiger partial charge in [0.15, 0.2) is 9.84 Å². The van der Waals surface area contributed by atoms with Crippen molar-refractivity contribution < 1.29 is 27.5 Å². The van der Waals surface area contributed by atoms with Crippen LogP contribution in [0.25, 0.3) is 0 Å². The van der Waals surface area contributed by atoms with Crippen molar-refractivity contribution in [2.45, 2.75) is 31.2 Å². The average molecular weight is 421 g/mol. The predicted octanol–water partition coefficient (Wildman–Crippen LogP) is 2.29. The summed E-state index contributed by atoms with van der Waals surface area (Å²) < 4.78 is 34.7. The molecule has 0 unspecified atom stereocenters. The summed E-state index contributed by atoms with van der Waals surface area (Å²) in [6, 6.07) is 4.00. The second-order valence-corrected chi connectivity index (χ2v) is 8.10. The van der Waals surface area contributed by atoms with E-state index in [1.165, 1.54) is 19.2 Å². The van der Waals surface area contributed by atoms with E-state index in [1.54, 1.807) is 19.9 Å². The van der Waals surface area contributed by atoms with Gasteiger partial charge < -0.3 is 14.8 Å². The molecule has 1 heterocycles. The summed E-state index contributed by atoms with van der Waals surface area (Å²) in [5.74, 6) is -0.927. The number of sulfone groups is 1. The molecule has 2 N–H and O–H groups in total. The number of amides is 1. The van der Waals surface area contributed by atoms with Crippen molar-refractivity contribution in [3.63, 3.8) is 0 Å². The number of nitrogens with one attached hydrogen (secondary N) is 2. The Kier molecular flexibility index (Phi) is 8.52. The topological polar surface area (TPSA) is 111 Å². The minimum absolute atomic E-state index is 0. The van der Waals surface area contributed by atoms with Crippen LogP contribution in [-0.2, 0) is 24.1 Å². The molecule has 1 aromatic rings. The van der Waals surface area contributed by atoms with Crippen LogP contribution in [0.4, 0.5) is 10.5 Å². The smallest absolute Gasteiger partial charge is 0.411 e. The van der Waals surface area contributed by atoms with E-state index in [4.69, 9.17) is 4.74 Å². The Morgan fingerprint density at radius 3 is 2.59 bits per heavy atom. The number of carbonyl (C=O) groups excluding carboxylic acids is 2. The predicted molar refractivity (Wildman–Crippen MR) is 103 cm³/mol. The highest BCUT2D eigenvalue weighted by Crippen LogP contribution is 2.36. The second kappa shape index (κ2) is 9.91. The van der Waals surface area contributed by atoms with E-state index in [-0.39, 0.29) is 35.6 Å². The van der Waals surface area contributed by atoms with E-state index in [0.717, 1.165) is 0 Å². The average Bonchev–Trinajstić information content (AvgIpc) is 3.11. The molecule has 0 radical (unpaired) electrons. The zero-order chi connectivity index (χ0) is 19.3. The lowest BCUT2D eigenvalue weighted by Crippen LogP contribution is -2.27. The number of hydrogen-bond donors (Lipinski definition) is 2. The summed E-state index contributed by atoms with van der Waals surface area (Å²) in [4.78, 5) is 23.9. The number of rotatable bonds is 6. The summed E-state index contributed by atoms with van der Waals surface area (Å²) in [5.41, 5.74) is 0.828. The lowest BCUT2D eigenvalue weighted by molar-refractivity contribution is -0.148. The number of ether oxygens (including phenoxy) is 2. The molecule has 2 rings (SSSR count). The first-order valence-corrected chi connectivity index (χ1v) is 10.1. The summed E-state index contributed by atoms with van der Waals surface area (Å²) in [6.07, 6.45) is -0.118. The first-order chi connectivity index (χ1) is 12.3. The first kappa shape index (κ1) is 23.2. The van der Waals surface area contributed by atoms with Crippen LogP contribution >= 0.6 is 12.4 Å². The minimum atomic E-state index is -3.51. The molecule has 1 aliphatic rings. The molecule has 0 spiro atoms. The fourth-order valence-corrected chi connectivity index (χ4v) is 4.14. The van der Waals surface area contributed by atoms with Gasteiger partial charge in [-0.05, 0) is 43.7 Å². The fourth-order valence-electron chi connectivity index (χ4n) is 3.01. The Bertz CT molecular complexity index is 784. The van der Waals surface area contributed by atoms with Crippen LogP contribution in [0.15, 0.2) is 23.1 Å². The number of carbonyl (C=O) groups is 2. The largest absolute Gasteiger partial charge is 0.466 e. The van der Waals surface area contributed by atoms with Crippen LogP contribution in [0.2, 0.25) is 0 Å². The van der Waals surface area contributed by atoms with E-state index in [9.17, 15) is 18.0 Å². The van der Waals surface area contributed by atoms with Crippen molar-refractivity contribution in [1.29, 1.82) is 0 Å². The third-order valence-corrected chi connectivity index (χ3v) is 6.11. The number of benzene rings is 1. The molecule has 0 saturated carbocycles. The van der Waals surface area contributed by atoms with E-state index in [2.05, 4.69) is 15.4 Å². The van der Waals surface area contributed by atoms with Crippen molar-refractivity contribution in [3.8, 4) is 0 Å². The second-order valence-electron chi connectivity index (χ2n) is 5.85. The van der Waals surface area contributed by atoms with Gasteiger partial charge in [-0.25, -0.2) is 13.2 Å². The van der Waals surface area contributed by atoms with Crippen LogP contribution < -0.4 is 10.6 Å². The Labute approximate surface area is 165 Å². The van der Waals surface area contributed by atoms with Crippen LogP contribution in [-0.4, -0.2) is 46.5 Å². The highest BCUT2D eigenvalue weighted by atomic mass is 35.5. The summed E-state index contributed by atoms with van der Waals surface area (Å²) >= 11 is 0. The SMILES string of the molecule is CCOC(=O)[C@@H]1CCN[C@H]1c1cc(NC(=O)OC)ccc1S(=O)(=O)CC.Cl. The van der Waals surface area contributed by atoms with Gasteiger partial charge in [0.2, 0.25) is 0 Å². The van der Waals surface area contributed by atoms with Gasteiger partial charge in [-0.2, -0.15) is 0 Å². The van der Waals surface area contributed by atoms with Crippen molar-refractivity contribution in [2.24, 2.45) is 5.92 Å². The molecule has 1 amide bonds. The molecule has 1 aromatic carbocycles. The number of methoxy groups -OCH3 is 1. The summed E-state index contributed by atoms with van der Waals surface area (Å²) in [6.45, 7) is 4.11. The third kappa shape index (κ3) is 5.33. The molecule has 152 valence electrons. The van der Waals surface area contributed by atoms with Crippen molar-refractivity contribution in [3.05, 3.63) is 23.8 Å². The maximum absolute atomic E-state index is 12.5. The van der Waals surface area contributed by atoms with E-state index in [0.29, 0.717) is 24.2 Å². The first-order valence-electron chi connectivity index (χ1n) is 8.45. The maximum atomic E-state index is 12.5. The Balaban J connectivity index is 0.00000364. The lowest BCUT2D eigenvalue weighted by atomic mass is 9.94. The van der Waals surface area contributed by atoms with Gasteiger partial charge in [-0.15, -0.1) is 12.4 Å². The summed E-state index contributed by atoms with van der Waals surface area (Å²) in [5, 5.41) is 5.71. The van der Waals surface area contributed by atoms with Gasteiger partial charge in [0.25, 0.3) is 0 Å². The molecular weight excluding hydrogens is 396 g/mol. The normalized spacial score (nSPS) is 19.1. The number of esters is 1. The number of hydrogen-bond acceptors (Lipinski definition) is 7. The molecule has 2 atom stereocenters. The highest BCUT2D eigenvalue weighted by Gasteiger charge is 2.37. The molecule has 27 heavy (non-hydrogen) atoms. The fraction of sp³-hybridized carbons (Fsp3) is 0.529. The maximum Gasteiger partial charge on any atom is 0.411 e. The van der Waals surface area contributed by atoms with Crippen LogP contribution in [0.1, 0.15) is 31.9 Å². The monoisotopic (exact) mass is 420 g/mol. The van der Waals surface area contributed by atoms with Crippen molar-refractivity contribution >= 4 is 40.0 Å². The van der Waals surface area contributed by atoms with Gasteiger partial charge in [-0.1, -0.05) is 6.92 Å². The van der Waals surface area contributed by atoms with Crippen LogP contribution in [0, 0.1) is 5.92 Å². The molecule has 1 saturated heterocycles. The molecule has 1 fully saturated rings. The van der Waals surface area contributed by atoms with E-state index < -0.39 is 27.9 Å². The van der Waals surface area contributed by atoms with Gasteiger partial charge in [0, 0.05) is 11.7 Å². The van der Waals surface area contributed by atoms with E-state index in [1.807, 2.05) is 0 Å². The molecule has 10 heteroatoms. The van der Waals surface area contributed by atoms with Crippen molar-refractivity contribution in [1.82, 2.24) is 5.32 Å². The van der Waals surface area contributed by atoms with Crippen LogP contribution in [0.3, 0.4) is 0 Å². The lowest BCUT2D eigenvalue weighted by Gasteiger charge is -2.22. The zero-order valence-electron chi connectivity index (χ0n) is 15.5. The van der Waals surface area contributed by atoms with Crippen LogP contribution in [0.5, 0.6) is 0 Å². The molecular formula is C17H25ClN2O6S. The third-order valence-electron chi connectivity index (χ3n) is 4.30. The van der Waals surface area contributed by atoms with Gasteiger partial charge in [-0.3, -0.25) is 10.1 Å². The molecule has 1 aliphatic heterocycles. The van der Waals surface area contributed by atoms with Gasteiger partial charge in [0.05, 0.1) is 30.3 Å². The Morgan fingerprint density at radius 2 is 2.00 bits per heavy atom. The zero-order valence-corrected chi connectivity index (χ0v) is 17.1. The van der Waals surface area contributed by atoms with Crippen molar-refractivity contribution in [2.75, 3.05) is 31.3 Å². The van der Waals surface area contributed by atoms with E-state index >= 15 is 0 Å². The molecule has 0 aliphatic carbocycles. The van der Waals surface area contributed by atoms with Gasteiger partial charge >= 0.3 is 12.1 Å². The van der Waals surface area contributed by atoms with Gasteiger partial charge in [0.1, 0.15) is 0 Å². The number of anilines is 1. The quantitative estimate of drug-likeness (QED) is 0.679. The summed E-state index contributed by atoms with van der Waals surface area (Å²) in [7, 11) is -2.28. The Hall–Kier alpha value is -1.84. The minimum Gasteiger partial charge on any atom is -0.466 e. The standard InChI is InChI=1S/C17H24N2O6S.ClH/c1-4-25-16(20)12-8-9-18-15(12)13-10-11(19-17(21)24-3)6-7-14(13)26(22,23)5-2;/h6-7,10,12,15,18H,4-5,8-9H2,1-3H3,(H,19,21);1H/t12-,15-;/m1./s1. The Morgan fingerprint density at radius 1 is 1.30 bits per heavy atom. The highest BCUT2D eigenvalue weighted by molar-refractivity contribution is 7.91. The molecule has 0 bridgehead atoms. The number of halogens is 1. The molecule has 0 aromatic heterocycles. The molecule has 8 nitrogen and oxygen atoms in total.